The Morgan fingerprint density at radius 1 is 1.50 bits per heavy atom. The van der Waals surface area contributed by atoms with Gasteiger partial charge >= 0.3 is 0 Å². The lowest BCUT2D eigenvalue weighted by molar-refractivity contribution is -0.121. The number of nitrogens with one attached hydrogen (secondary N) is 1. The molecule has 2 unspecified atom stereocenters. The molecule has 2 atom stereocenters. The number of carbonyl (C=O) groups is 1. The molecule has 3 N–H and O–H groups in total. The van der Waals surface area contributed by atoms with Crippen LogP contribution in [0, 0.1) is 0 Å². The number of carbonyl (C=O) groups excluding carboxylic acids is 1. The number of hydrogen-bond donors (Lipinski definition) is 2. The van der Waals surface area contributed by atoms with E-state index in [1.54, 1.807) is 11.8 Å². The quantitative estimate of drug-likeness (QED) is 0.847. The van der Waals surface area contributed by atoms with E-state index >= 15 is 0 Å². The Bertz CT molecular complexity index is 450. The highest BCUT2D eigenvalue weighted by molar-refractivity contribution is 8.00. The highest BCUT2D eigenvalue weighted by Crippen LogP contribution is 2.36. The summed E-state index contributed by atoms with van der Waals surface area (Å²) in [5.41, 5.74) is 8.25. The number of aryl methyl sites for hydroxylation is 1. The van der Waals surface area contributed by atoms with E-state index in [1.165, 1.54) is 11.1 Å². The molecule has 0 aromatic heterocycles. The summed E-state index contributed by atoms with van der Waals surface area (Å²) in [7, 11) is 0. The number of hydrogen-bond acceptors (Lipinski definition) is 3. The van der Waals surface area contributed by atoms with Crippen LogP contribution in [-0.2, 0) is 11.2 Å². The van der Waals surface area contributed by atoms with Gasteiger partial charge in [0.15, 0.2) is 0 Å². The highest BCUT2D eigenvalue weighted by atomic mass is 32.2. The third-order valence-electron chi connectivity index (χ3n) is 3.77. The van der Waals surface area contributed by atoms with Crippen molar-refractivity contribution in [3.05, 3.63) is 35.4 Å². The molecular weight excluding hydrogens is 268 g/mol. The van der Waals surface area contributed by atoms with E-state index in [4.69, 9.17) is 5.73 Å². The van der Waals surface area contributed by atoms with E-state index in [-0.39, 0.29) is 17.2 Å². The van der Waals surface area contributed by atoms with Gasteiger partial charge < -0.3 is 11.1 Å². The van der Waals surface area contributed by atoms with Crippen molar-refractivity contribution in [3.8, 4) is 0 Å². The molecule has 0 saturated heterocycles. The second kappa shape index (κ2) is 7.70. The fraction of sp³-hybridized carbons (Fsp3) is 0.562. The fourth-order valence-electron chi connectivity index (χ4n) is 2.59. The Kier molecular flexibility index (Phi) is 5.92. The Morgan fingerprint density at radius 2 is 2.30 bits per heavy atom. The van der Waals surface area contributed by atoms with Crippen LogP contribution in [0.2, 0.25) is 0 Å². The summed E-state index contributed by atoms with van der Waals surface area (Å²) in [4.78, 5) is 12.5. The van der Waals surface area contributed by atoms with E-state index in [0.29, 0.717) is 6.54 Å². The Hall–Kier alpha value is -1.00. The van der Waals surface area contributed by atoms with Gasteiger partial charge in [-0.15, -0.1) is 11.8 Å². The van der Waals surface area contributed by atoms with Gasteiger partial charge in [-0.3, -0.25) is 4.79 Å². The minimum Gasteiger partial charge on any atom is -0.351 e. The van der Waals surface area contributed by atoms with Crippen LogP contribution in [0.25, 0.3) is 0 Å². The van der Waals surface area contributed by atoms with E-state index in [1.807, 2.05) is 12.1 Å². The van der Waals surface area contributed by atoms with Crippen molar-refractivity contribution in [1.29, 1.82) is 0 Å². The predicted octanol–water partition coefficient (Wildman–Crippen LogP) is 2.65. The normalized spacial score (nSPS) is 19.2. The maximum Gasteiger partial charge on any atom is 0.237 e. The number of amides is 1. The molecule has 0 bridgehead atoms. The number of thioether (sulfide) groups is 1. The molecule has 0 saturated carbocycles. The van der Waals surface area contributed by atoms with Gasteiger partial charge in [-0.2, -0.15) is 0 Å². The standard InChI is InChI=1S/C16H24N2OS/c1-2-3-7-13(11-17)18-16(19)15-14-8-5-4-6-12(14)9-10-20-15/h4-6,8,13,15H,2-3,7,9-11,17H2,1H3,(H,18,19). The molecule has 1 amide bonds. The third kappa shape index (κ3) is 3.76. The molecular formula is C16H24N2OS. The molecule has 0 radical (unpaired) electrons. The van der Waals surface area contributed by atoms with Crippen molar-refractivity contribution >= 4 is 17.7 Å². The summed E-state index contributed by atoms with van der Waals surface area (Å²) in [6.07, 6.45) is 4.27. The molecule has 2 rings (SSSR count). The smallest absolute Gasteiger partial charge is 0.237 e. The number of nitrogens with two attached hydrogens (primary N) is 1. The first-order valence-electron chi connectivity index (χ1n) is 7.46. The van der Waals surface area contributed by atoms with E-state index in [9.17, 15) is 4.79 Å². The molecule has 1 aliphatic heterocycles. The number of benzene rings is 1. The largest absolute Gasteiger partial charge is 0.351 e. The maximum atomic E-state index is 12.5. The summed E-state index contributed by atoms with van der Waals surface area (Å²) < 4.78 is 0. The first-order valence-corrected chi connectivity index (χ1v) is 8.51. The van der Waals surface area contributed by atoms with Crippen LogP contribution in [-0.4, -0.2) is 24.2 Å². The second-order valence-corrected chi connectivity index (χ2v) is 6.50. The summed E-state index contributed by atoms with van der Waals surface area (Å²) in [5, 5.41) is 3.05. The first-order chi connectivity index (χ1) is 9.76. The first kappa shape index (κ1) is 15.4. The Labute approximate surface area is 125 Å². The minimum atomic E-state index is -0.0735. The van der Waals surface area contributed by atoms with E-state index in [0.717, 1.165) is 31.4 Å². The minimum absolute atomic E-state index is 0.0735. The van der Waals surface area contributed by atoms with Crippen LogP contribution in [0.3, 0.4) is 0 Å². The number of fused-ring (bicyclic) bond motifs is 1. The van der Waals surface area contributed by atoms with Crippen LogP contribution in [0.1, 0.15) is 42.6 Å². The van der Waals surface area contributed by atoms with E-state index in [2.05, 4.69) is 24.4 Å². The summed E-state index contributed by atoms with van der Waals surface area (Å²) in [6.45, 7) is 2.67. The van der Waals surface area contributed by atoms with Gasteiger partial charge in [-0.1, -0.05) is 44.0 Å². The molecule has 1 aliphatic rings. The highest BCUT2D eigenvalue weighted by Gasteiger charge is 2.27. The molecule has 1 aromatic carbocycles. The fourth-order valence-corrected chi connectivity index (χ4v) is 3.79. The van der Waals surface area contributed by atoms with Gasteiger partial charge in [0, 0.05) is 12.6 Å². The van der Waals surface area contributed by atoms with Crippen LogP contribution in [0.15, 0.2) is 24.3 Å². The number of rotatable bonds is 6. The summed E-state index contributed by atoms with van der Waals surface area (Å²) in [5.74, 6) is 1.13. The molecule has 3 nitrogen and oxygen atoms in total. The van der Waals surface area contributed by atoms with Gasteiger partial charge in [0.05, 0.1) is 0 Å². The van der Waals surface area contributed by atoms with Crippen LogP contribution >= 0.6 is 11.8 Å². The van der Waals surface area contributed by atoms with E-state index < -0.39 is 0 Å². The number of unbranched alkanes of at least 4 members (excludes halogenated alkanes) is 1. The van der Waals surface area contributed by atoms with Crippen LogP contribution in [0.5, 0.6) is 0 Å². The van der Waals surface area contributed by atoms with Crippen molar-refractivity contribution in [2.75, 3.05) is 12.3 Å². The topological polar surface area (TPSA) is 55.1 Å². The van der Waals surface area contributed by atoms with Crippen molar-refractivity contribution in [1.82, 2.24) is 5.32 Å². The summed E-state index contributed by atoms with van der Waals surface area (Å²) in [6, 6.07) is 8.38. The zero-order valence-corrected chi connectivity index (χ0v) is 12.9. The molecule has 0 spiro atoms. The maximum absolute atomic E-state index is 12.5. The monoisotopic (exact) mass is 292 g/mol. The Balaban J connectivity index is 2.03. The molecule has 0 aliphatic carbocycles. The average Bonchev–Trinajstić information content (AvgIpc) is 2.50. The van der Waals surface area contributed by atoms with Gasteiger partial charge in [-0.05, 0) is 29.7 Å². The SMILES string of the molecule is CCCCC(CN)NC(=O)C1SCCc2ccccc21. The summed E-state index contributed by atoms with van der Waals surface area (Å²) >= 11 is 1.74. The lowest BCUT2D eigenvalue weighted by atomic mass is 10.0. The molecule has 4 heteroatoms. The molecule has 110 valence electrons. The molecule has 0 fully saturated rings. The Morgan fingerprint density at radius 3 is 3.05 bits per heavy atom. The predicted molar refractivity (Wildman–Crippen MR) is 85.9 cm³/mol. The van der Waals surface area contributed by atoms with Crippen molar-refractivity contribution in [3.63, 3.8) is 0 Å². The lowest BCUT2D eigenvalue weighted by Gasteiger charge is -2.26. The van der Waals surface area contributed by atoms with Crippen molar-refractivity contribution < 1.29 is 4.79 Å². The van der Waals surface area contributed by atoms with Crippen molar-refractivity contribution in [2.45, 2.75) is 43.9 Å². The third-order valence-corrected chi connectivity index (χ3v) is 5.01. The molecule has 1 aromatic rings. The van der Waals surface area contributed by atoms with Gasteiger partial charge in [0.1, 0.15) is 5.25 Å². The van der Waals surface area contributed by atoms with Gasteiger partial charge in [0.25, 0.3) is 0 Å². The zero-order valence-electron chi connectivity index (χ0n) is 12.1. The second-order valence-electron chi connectivity index (χ2n) is 5.28. The molecule has 20 heavy (non-hydrogen) atoms. The van der Waals surface area contributed by atoms with Gasteiger partial charge in [0.2, 0.25) is 5.91 Å². The lowest BCUT2D eigenvalue weighted by Crippen LogP contribution is -2.42. The van der Waals surface area contributed by atoms with Crippen LogP contribution < -0.4 is 11.1 Å². The van der Waals surface area contributed by atoms with Crippen LogP contribution in [0.4, 0.5) is 0 Å². The zero-order chi connectivity index (χ0) is 14.4. The van der Waals surface area contributed by atoms with Gasteiger partial charge in [-0.25, -0.2) is 0 Å². The average molecular weight is 292 g/mol. The van der Waals surface area contributed by atoms with Crippen molar-refractivity contribution in [2.24, 2.45) is 5.73 Å². The molecule has 1 heterocycles.